The molecule has 1 unspecified atom stereocenters. The lowest BCUT2D eigenvalue weighted by molar-refractivity contribution is 0.0942. The third-order valence-electron chi connectivity index (χ3n) is 2.44. The van der Waals surface area contributed by atoms with Crippen LogP contribution in [0.25, 0.3) is 0 Å². The Morgan fingerprint density at radius 2 is 2.25 bits per heavy atom. The summed E-state index contributed by atoms with van der Waals surface area (Å²) in [5, 5.41) is 8.96. The molecular weight excluding hydrogens is 266 g/mol. The predicted octanol–water partition coefficient (Wildman–Crippen LogP) is 3.88. The van der Waals surface area contributed by atoms with E-state index in [1.165, 1.54) is 0 Å². The standard InChI is InChI=1S/C13H14BrNO/c1-3-4-10(8-15)13(16)11-7-9(2)5-6-12(11)14/h5-7,10H,3-4H2,1-2H3. The van der Waals surface area contributed by atoms with Crippen molar-refractivity contribution in [1.82, 2.24) is 0 Å². The Bertz CT molecular complexity index is 434. The Labute approximate surface area is 104 Å². The second kappa shape index (κ2) is 5.81. The molecule has 0 fully saturated rings. The second-order valence-corrected chi connectivity index (χ2v) is 4.67. The molecule has 0 spiro atoms. The fourth-order valence-electron chi connectivity index (χ4n) is 1.56. The number of nitriles is 1. The number of nitrogens with zero attached hydrogens (tertiary/aromatic N) is 1. The average Bonchev–Trinajstić information content (AvgIpc) is 2.28. The summed E-state index contributed by atoms with van der Waals surface area (Å²) in [6.45, 7) is 3.91. The molecule has 3 heteroatoms. The van der Waals surface area contributed by atoms with Crippen LogP contribution in [0.2, 0.25) is 0 Å². The van der Waals surface area contributed by atoms with Crippen LogP contribution in [0.3, 0.4) is 0 Å². The third-order valence-corrected chi connectivity index (χ3v) is 3.13. The molecule has 0 amide bonds. The molecular formula is C13H14BrNO. The van der Waals surface area contributed by atoms with Gasteiger partial charge in [-0.3, -0.25) is 4.79 Å². The molecule has 0 aliphatic heterocycles. The minimum absolute atomic E-state index is 0.0834. The van der Waals surface area contributed by atoms with Crippen LogP contribution < -0.4 is 0 Å². The Morgan fingerprint density at radius 3 is 2.81 bits per heavy atom. The molecule has 1 rings (SSSR count). The summed E-state index contributed by atoms with van der Waals surface area (Å²) in [6, 6.07) is 7.69. The molecule has 1 aromatic carbocycles. The van der Waals surface area contributed by atoms with Gasteiger partial charge in [0.2, 0.25) is 0 Å². The van der Waals surface area contributed by atoms with Gasteiger partial charge in [-0.1, -0.05) is 40.9 Å². The fraction of sp³-hybridized carbons (Fsp3) is 0.385. The van der Waals surface area contributed by atoms with Crippen LogP contribution in [0.5, 0.6) is 0 Å². The molecule has 0 aliphatic rings. The van der Waals surface area contributed by atoms with Crippen molar-refractivity contribution in [3.05, 3.63) is 33.8 Å². The first-order chi connectivity index (χ1) is 7.60. The first kappa shape index (κ1) is 12.9. The zero-order valence-corrected chi connectivity index (χ0v) is 11.0. The van der Waals surface area contributed by atoms with Crippen LogP contribution in [0, 0.1) is 24.2 Å². The van der Waals surface area contributed by atoms with Crippen LogP contribution in [0.4, 0.5) is 0 Å². The number of rotatable bonds is 4. The smallest absolute Gasteiger partial charge is 0.181 e. The number of ketones is 1. The van der Waals surface area contributed by atoms with Gasteiger partial charge in [0.15, 0.2) is 5.78 Å². The summed E-state index contributed by atoms with van der Waals surface area (Å²) in [5.74, 6) is -0.608. The van der Waals surface area contributed by atoms with E-state index in [0.29, 0.717) is 12.0 Å². The zero-order chi connectivity index (χ0) is 12.1. The highest BCUT2D eigenvalue weighted by molar-refractivity contribution is 9.10. The van der Waals surface area contributed by atoms with Gasteiger partial charge in [-0.2, -0.15) is 5.26 Å². The van der Waals surface area contributed by atoms with E-state index in [0.717, 1.165) is 16.5 Å². The maximum Gasteiger partial charge on any atom is 0.181 e. The molecule has 0 saturated carbocycles. The van der Waals surface area contributed by atoms with E-state index >= 15 is 0 Å². The van der Waals surface area contributed by atoms with Gasteiger partial charge in [-0.15, -0.1) is 0 Å². The number of carbonyl (C=O) groups is 1. The van der Waals surface area contributed by atoms with Crippen molar-refractivity contribution in [3.8, 4) is 6.07 Å². The van der Waals surface area contributed by atoms with Gasteiger partial charge in [0.25, 0.3) is 0 Å². The lowest BCUT2D eigenvalue weighted by Crippen LogP contribution is -2.13. The van der Waals surface area contributed by atoms with Gasteiger partial charge in [0.1, 0.15) is 5.92 Å². The molecule has 0 aliphatic carbocycles. The summed E-state index contributed by atoms with van der Waals surface area (Å²) in [6.07, 6.45) is 1.46. The van der Waals surface area contributed by atoms with Crippen molar-refractivity contribution in [3.63, 3.8) is 0 Å². The number of halogens is 1. The highest BCUT2D eigenvalue weighted by Crippen LogP contribution is 2.23. The van der Waals surface area contributed by atoms with Gasteiger partial charge < -0.3 is 0 Å². The monoisotopic (exact) mass is 279 g/mol. The number of hydrogen-bond acceptors (Lipinski definition) is 2. The minimum Gasteiger partial charge on any atom is -0.293 e. The normalized spacial score (nSPS) is 11.9. The van der Waals surface area contributed by atoms with Gasteiger partial charge in [0.05, 0.1) is 6.07 Å². The van der Waals surface area contributed by atoms with Crippen molar-refractivity contribution < 1.29 is 4.79 Å². The SMILES string of the molecule is CCCC(C#N)C(=O)c1cc(C)ccc1Br. The van der Waals surface area contributed by atoms with Crippen LogP contribution >= 0.6 is 15.9 Å². The molecule has 1 atom stereocenters. The first-order valence-corrected chi connectivity index (χ1v) is 6.09. The zero-order valence-electron chi connectivity index (χ0n) is 9.46. The summed E-state index contributed by atoms with van der Waals surface area (Å²) >= 11 is 3.35. The molecule has 0 aromatic heterocycles. The van der Waals surface area contributed by atoms with Gasteiger partial charge in [0, 0.05) is 10.0 Å². The van der Waals surface area contributed by atoms with Gasteiger partial charge >= 0.3 is 0 Å². The highest BCUT2D eigenvalue weighted by atomic mass is 79.9. The topological polar surface area (TPSA) is 40.9 Å². The highest BCUT2D eigenvalue weighted by Gasteiger charge is 2.20. The second-order valence-electron chi connectivity index (χ2n) is 3.82. The lowest BCUT2D eigenvalue weighted by atomic mass is 9.94. The lowest BCUT2D eigenvalue weighted by Gasteiger charge is -2.09. The Balaban J connectivity index is 3.04. The fourth-order valence-corrected chi connectivity index (χ4v) is 2.00. The molecule has 0 bridgehead atoms. The molecule has 0 saturated heterocycles. The number of aryl methyl sites for hydroxylation is 1. The number of benzene rings is 1. The molecule has 0 radical (unpaired) electrons. The number of carbonyl (C=O) groups excluding carboxylic acids is 1. The largest absolute Gasteiger partial charge is 0.293 e. The molecule has 0 N–H and O–H groups in total. The van der Waals surface area contributed by atoms with Crippen molar-refractivity contribution in [2.24, 2.45) is 5.92 Å². The Hall–Kier alpha value is -1.14. The molecule has 2 nitrogen and oxygen atoms in total. The van der Waals surface area contributed by atoms with Crippen molar-refractivity contribution in [2.45, 2.75) is 26.7 Å². The van der Waals surface area contributed by atoms with E-state index in [9.17, 15) is 4.79 Å². The van der Waals surface area contributed by atoms with Crippen molar-refractivity contribution in [1.29, 1.82) is 5.26 Å². The van der Waals surface area contributed by atoms with E-state index in [-0.39, 0.29) is 5.78 Å². The first-order valence-electron chi connectivity index (χ1n) is 5.30. The third kappa shape index (κ3) is 2.93. The maximum absolute atomic E-state index is 12.1. The van der Waals surface area contributed by atoms with Crippen LogP contribution in [0.15, 0.2) is 22.7 Å². The van der Waals surface area contributed by atoms with Crippen LogP contribution in [0.1, 0.15) is 35.7 Å². The Morgan fingerprint density at radius 1 is 1.56 bits per heavy atom. The number of hydrogen-bond donors (Lipinski definition) is 0. The molecule has 0 heterocycles. The van der Waals surface area contributed by atoms with E-state index in [2.05, 4.69) is 22.0 Å². The van der Waals surface area contributed by atoms with E-state index in [1.54, 1.807) is 0 Å². The van der Waals surface area contributed by atoms with Crippen molar-refractivity contribution in [2.75, 3.05) is 0 Å². The van der Waals surface area contributed by atoms with E-state index in [4.69, 9.17) is 5.26 Å². The molecule has 84 valence electrons. The minimum atomic E-state index is -0.525. The molecule has 1 aromatic rings. The van der Waals surface area contributed by atoms with Gasteiger partial charge in [-0.25, -0.2) is 0 Å². The molecule has 16 heavy (non-hydrogen) atoms. The summed E-state index contributed by atoms with van der Waals surface area (Å²) in [4.78, 5) is 12.1. The predicted molar refractivity (Wildman–Crippen MR) is 67.2 cm³/mol. The average molecular weight is 280 g/mol. The van der Waals surface area contributed by atoms with E-state index in [1.807, 2.05) is 32.0 Å². The summed E-state index contributed by atoms with van der Waals surface area (Å²) in [5.41, 5.74) is 1.64. The Kier molecular flexibility index (Phi) is 4.70. The van der Waals surface area contributed by atoms with Crippen LogP contribution in [-0.2, 0) is 0 Å². The van der Waals surface area contributed by atoms with E-state index < -0.39 is 5.92 Å². The summed E-state index contributed by atoms with van der Waals surface area (Å²) in [7, 11) is 0. The van der Waals surface area contributed by atoms with Crippen LogP contribution in [-0.4, -0.2) is 5.78 Å². The maximum atomic E-state index is 12.1. The summed E-state index contributed by atoms with van der Waals surface area (Å²) < 4.78 is 0.763. The quantitative estimate of drug-likeness (QED) is 0.785. The van der Waals surface area contributed by atoms with Gasteiger partial charge in [-0.05, 0) is 25.5 Å². The number of Topliss-reactive ketones (excluding diaryl/α,β-unsaturated/α-hetero) is 1. The van der Waals surface area contributed by atoms with Crippen molar-refractivity contribution >= 4 is 21.7 Å².